The van der Waals surface area contributed by atoms with Gasteiger partial charge in [-0.15, -0.1) is 6.58 Å². The van der Waals surface area contributed by atoms with Crippen LogP contribution in [0.2, 0.25) is 0 Å². The van der Waals surface area contributed by atoms with E-state index in [2.05, 4.69) is 17.2 Å². The number of urea groups is 1. The standard InChI is InChI=1S/C19H20N4O4/c1-2-12-22(14-15-6-4-3-5-7-15)18(24)13-20-19(25)21-16-8-10-17(11-9-16)23(26)27/h2-11H,1,12-14H2,(H2,20,21,25). The molecule has 0 aliphatic heterocycles. The minimum atomic E-state index is -0.574. The van der Waals surface area contributed by atoms with Gasteiger partial charge in [0.2, 0.25) is 5.91 Å². The van der Waals surface area contributed by atoms with Crippen LogP contribution in [0.4, 0.5) is 16.2 Å². The molecule has 8 nitrogen and oxygen atoms in total. The third-order valence-corrected chi connectivity index (χ3v) is 3.65. The first-order valence-corrected chi connectivity index (χ1v) is 8.21. The first kappa shape index (κ1) is 19.6. The zero-order chi connectivity index (χ0) is 19.6. The van der Waals surface area contributed by atoms with Crippen LogP contribution in [-0.4, -0.2) is 34.9 Å². The molecule has 3 amide bonds. The van der Waals surface area contributed by atoms with Crippen molar-refractivity contribution in [1.82, 2.24) is 10.2 Å². The largest absolute Gasteiger partial charge is 0.333 e. The number of benzene rings is 2. The van der Waals surface area contributed by atoms with E-state index in [1.165, 1.54) is 24.3 Å². The number of rotatable bonds is 8. The van der Waals surface area contributed by atoms with Gasteiger partial charge < -0.3 is 15.5 Å². The minimum absolute atomic E-state index is 0.0721. The van der Waals surface area contributed by atoms with Crippen molar-refractivity contribution >= 4 is 23.3 Å². The van der Waals surface area contributed by atoms with Crippen LogP contribution in [-0.2, 0) is 11.3 Å². The molecule has 0 radical (unpaired) electrons. The Morgan fingerprint density at radius 2 is 1.78 bits per heavy atom. The van der Waals surface area contributed by atoms with E-state index in [1.54, 1.807) is 11.0 Å². The monoisotopic (exact) mass is 368 g/mol. The second-order valence-electron chi connectivity index (χ2n) is 5.66. The fourth-order valence-electron chi connectivity index (χ4n) is 2.32. The predicted octanol–water partition coefficient (Wildman–Crippen LogP) is 2.93. The maximum atomic E-state index is 12.4. The third-order valence-electron chi connectivity index (χ3n) is 3.65. The summed E-state index contributed by atoms with van der Waals surface area (Å²) in [6.07, 6.45) is 1.62. The summed E-state index contributed by atoms with van der Waals surface area (Å²) in [7, 11) is 0. The summed E-state index contributed by atoms with van der Waals surface area (Å²) < 4.78 is 0. The lowest BCUT2D eigenvalue weighted by molar-refractivity contribution is -0.384. The summed E-state index contributed by atoms with van der Waals surface area (Å²) >= 11 is 0. The van der Waals surface area contributed by atoms with Crippen LogP contribution < -0.4 is 10.6 Å². The lowest BCUT2D eigenvalue weighted by Gasteiger charge is -2.21. The Morgan fingerprint density at radius 3 is 2.37 bits per heavy atom. The maximum Gasteiger partial charge on any atom is 0.319 e. The second-order valence-corrected chi connectivity index (χ2v) is 5.66. The van der Waals surface area contributed by atoms with Crippen molar-refractivity contribution in [3.63, 3.8) is 0 Å². The Labute approximate surface area is 156 Å². The van der Waals surface area contributed by atoms with Crippen LogP contribution in [0.1, 0.15) is 5.56 Å². The van der Waals surface area contributed by atoms with E-state index in [-0.39, 0.29) is 18.1 Å². The number of amides is 3. The van der Waals surface area contributed by atoms with E-state index in [0.29, 0.717) is 18.8 Å². The zero-order valence-electron chi connectivity index (χ0n) is 14.6. The van der Waals surface area contributed by atoms with E-state index >= 15 is 0 Å². The number of nitro benzene ring substituents is 1. The summed E-state index contributed by atoms with van der Waals surface area (Å²) in [6.45, 7) is 4.25. The van der Waals surface area contributed by atoms with Gasteiger partial charge in [-0.05, 0) is 17.7 Å². The first-order valence-electron chi connectivity index (χ1n) is 8.21. The van der Waals surface area contributed by atoms with Crippen molar-refractivity contribution < 1.29 is 14.5 Å². The fraction of sp³-hybridized carbons (Fsp3) is 0.158. The molecule has 8 heteroatoms. The van der Waals surface area contributed by atoms with Gasteiger partial charge >= 0.3 is 6.03 Å². The maximum absolute atomic E-state index is 12.4. The van der Waals surface area contributed by atoms with Crippen molar-refractivity contribution in [3.8, 4) is 0 Å². The van der Waals surface area contributed by atoms with Gasteiger partial charge in [-0.3, -0.25) is 14.9 Å². The van der Waals surface area contributed by atoms with Gasteiger partial charge in [-0.1, -0.05) is 36.4 Å². The van der Waals surface area contributed by atoms with Crippen LogP contribution in [0.3, 0.4) is 0 Å². The molecule has 2 rings (SSSR count). The van der Waals surface area contributed by atoms with Gasteiger partial charge in [0, 0.05) is 30.9 Å². The molecule has 0 saturated carbocycles. The molecule has 27 heavy (non-hydrogen) atoms. The number of nitro groups is 1. The van der Waals surface area contributed by atoms with Crippen molar-refractivity contribution in [2.24, 2.45) is 0 Å². The highest BCUT2D eigenvalue weighted by Crippen LogP contribution is 2.15. The lowest BCUT2D eigenvalue weighted by atomic mass is 10.2. The number of hydrogen-bond donors (Lipinski definition) is 2. The molecule has 2 aromatic rings. The van der Waals surface area contributed by atoms with Gasteiger partial charge in [0.15, 0.2) is 0 Å². The Kier molecular flexibility index (Phi) is 7.07. The smallest absolute Gasteiger partial charge is 0.319 e. The molecule has 0 saturated heterocycles. The summed E-state index contributed by atoms with van der Waals surface area (Å²) in [5.41, 5.74) is 1.29. The number of non-ortho nitro benzene ring substituents is 1. The molecule has 0 spiro atoms. The summed E-state index contributed by atoms with van der Waals surface area (Å²) in [4.78, 5) is 36.0. The SMILES string of the molecule is C=CCN(Cc1ccccc1)C(=O)CNC(=O)Nc1ccc([N+](=O)[O-])cc1. The van der Waals surface area contributed by atoms with E-state index in [1.807, 2.05) is 30.3 Å². The van der Waals surface area contributed by atoms with Gasteiger partial charge in [0.1, 0.15) is 0 Å². The highest BCUT2D eigenvalue weighted by atomic mass is 16.6. The quantitative estimate of drug-likeness (QED) is 0.424. The highest BCUT2D eigenvalue weighted by molar-refractivity contribution is 5.92. The number of hydrogen-bond acceptors (Lipinski definition) is 4. The van der Waals surface area contributed by atoms with Gasteiger partial charge in [0.25, 0.3) is 5.69 Å². The number of anilines is 1. The molecule has 0 unspecified atom stereocenters. The zero-order valence-corrected chi connectivity index (χ0v) is 14.6. The van der Waals surface area contributed by atoms with Crippen LogP contribution in [0.5, 0.6) is 0 Å². The second kappa shape index (κ2) is 9.71. The van der Waals surface area contributed by atoms with Crippen molar-refractivity contribution in [2.45, 2.75) is 6.54 Å². The van der Waals surface area contributed by atoms with Crippen LogP contribution in [0.15, 0.2) is 67.3 Å². The van der Waals surface area contributed by atoms with E-state index in [9.17, 15) is 19.7 Å². The molecule has 0 fully saturated rings. The molecule has 0 aliphatic carbocycles. The Morgan fingerprint density at radius 1 is 1.11 bits per heavy atom. The molecular weight excluding hydrogens is 348 g/mol. The Bertz CT molecular complexity index is 806. The predicted molar refractivity (Wildman–Crippen MR) is 102 cm³/mol. The Balaban J connectivity index is 1.87. The van der Waals surface area contributed by atoms with Gasteiger partial charge in [0.05, 0.1) is 11.5 Å². The molecule has 0 atom stereocenters. The summed E-state index contributed by atoms with van der Waals surface area (Å²) in [6, 6.07) is 14.3. The van der Waals surface area contributed by atoms with Crippen LogP contribution in [0.25, 0.3) is 0 Å². The topological polar surface area (TPSA) is 105 Å². The molecule has 0 bridgehead atoms. The third kappa shape index (κ3) is 6.28. The lowest BCUT2D eigenvalue weighted by Crippen LogP contribution is -2.41. The number of carbonyl (C=O) groups is 2. The Hall–Kier alpha value is -3.68. The number of nitrogens with zero attached hydrogens (tertiary/aromatic N) is 2. The molecule has 2 aromatic carbocycles. The van der Waals surface area contributed by atoms with Gasteiger partial charge in [-0.2, -0.15) is 0 Å². The van der Waals surface area contributed by atoms with Gasteiger partial charge in [-0.25, -0.2) is 4.79 Å². The summed E-state index contributed by atoms with van der Waals surface area (Å²) in [5, 5.41) is 15.6. The molecule has 0 aliphatic rings. The van der Waals surface area contributed by atoms with Crippen molar-refractivity contribution in [3.05, 3.63) is 82.9 Å². The molecular formula is C19H20N4O4. The number of nitrogens with one attached hydrogen (secondary N) is 2. The van der Waals surface area contributed by atoms with Crippen molar-refractivity contribution in [2.75, 3.05) is 18.4 Å². The normalized spacial score (nSPS) is 9.93. The van der Waals surface area contributed by atoms with Crippen LogP contribution >= 0.6 is 0 Å². The highest BCUT2D eigenvalue weighted by Gasteiger charge is 2.14. The minimum Gasteiger partial charge on any atom is -0.333 e. The van der Waals surface area contributed by atoms with E-state index in [0.717, 1.165) is 5.56 Å². The molecule has 0 heterocycles. The van der Waals surface area contributed by atoms with Crippen molar-refractivity contribution in [1.29, 1.82) is 0 Å². The molecule has 0 aromatic heterocycles. The molecule has 2 N–H and O–H groups in total. The number of carbonyl (C=O) groups excluding carboxylic acids is 2. The van der Waals surface area contributed by atoms with E-state index < -0.39 is 11.0 Å². The first-order chi connectivity index (χ1) is 13.0. The van der Waals surface area contributed by atoms with E-state index in [4.69, 9.17) is 0 Å². The average molecular weight is 368 g/mol. The fourth-order valence-corrected chi connectivity index (χ4v) is 2.32. The molecule has 140 valence electrons. The summed E-state index contributed by atoms with van der Waals surface area (Å²) in [5.74, 6) is -0.252. The average Bonchev–Trinajstić information content (AvgIpc) is 2.67. The van der Waals surface area contributed by atoms with Crippen LogP contribution in [0, 0.1) is 10.1 Å².